The monoisotopic (exact) mass is 566 g/mol. The fourth-order valence-corrected chi connectivity index (χ4v) is 3.81. The van der Waals surface area contributed by atoms with Crippen LogP contribution in [0.15, 0.2) is 23.2 Å². The number of hydrogen-bond acceptors (Lipinski definition) is 4. The second-order valence-corrected chi connectivity index (χ2v) is 8.81. The number of guanidine groups is 1. The van der Waals surface area contributed by atoms with E-state index in [0.29, 0.717) is 29.0 Å². The van der Waals surface area contributed by atoms with E-state index in [-0.39, 0.29) is 48.6 Å². The SMILES string of the molecule is CN=C(NCCS(=O)(=O)NCC1CCC1)NCc1cc(Cl)ccc1OC(F)F.I. The topological polar surface area (TPSA) is 91.8 Å². The fourth-order valence-electron chi connectivity index (χ4n) is 2.61. The number of sulfonamides is 1. The van der Waals surface area contributed by atoms with Crippen LogP contribution in [-0.2, 0) is 16.6 Å². The predicted molar refractivity (Wildman–Crippen MR) is 121 cm³/mol. The van der Waals surface area contributed by atoms with Gasteiger partial charge in [0, 0.05) is 37.3 Å². The van der Waals surface area contributed by atoms with Crippen LogP contribution in [0.1, 0.15) is 24.8 Å². The molecular weight excluding hydrogens is 541 g/mol. The molecule has 0 amide bonds. The molecule has 166 valence electrons. The number of nitrogens with zero attached hydrogens (tertiary/aromatic N) is 1. The summed E-state index contributed by atoms with van der Waals surface area (Å²) < 4.78 is 56.1. The molecule has 0 saturated heterocycles. The number of hydrogen-bond donors (Lipinski definition) is 3. The van der Waals surface area contributed by atoms with Crippen molar-refractivity contribution in [2.45, 2.75) is 32.4 Å². The van der Waals surface area contributed by atoms with Gasteiger partial charge < -0.3 is 15.4 Å². The molecule has 1 aliphatic rings. The zero-order valence-electron chi connectivity index (χ0n) is 16.0. The van der Waals surface area contributed by atoms with Crippen LogP contribution in [0.5, 0.6) is 5.75 Å². The molecule has 1 aromatic carbocycles. The van der Waals surface area contributed by atoms with Crippen LogP contribution in [-0.4, -0.2) is 46.9 Å². The second kappa shape index (κ2) is 12.7. The Labute approximate surface area is 192 Å². The van der Waals surface area contributed by atoms with Crippen molar-refractivity contribution in [2.24, 2.45) is 10.9 Å². The number of aliphatic imine (C=N–C) groups is 1. The number of alkyl halides is 2. The van der Waals surface area contributed by atoms with E-state index in [0.717, 1.165) is 19.3 Å². The molecule has 0 aromatic heterocycles. The van der Waals surface area contributed by atoms with E-state index in [9.17, 15) is 17.2 Å². The first-order valence-corrected chi connectivity index (χ1v) is 11.0. The third kappa shape index (κ3) is 9.62. The summed E-state index contributed by atoms with van der Waals surface area (Å²) in [6, 6.07) is 4.33. The van der Waals surface area contributed by atoms with Crippen LogP contribution >= 0.6 is 35.6 Å². The number of halogens is 4. The Morgan fingerprint density at radius 3 is 2.66 bits per heavy atom. The standard InChI is InChI=1S/C17H25ClF2N4O3S.HI/c1-21-17(22-7-8-28(25,26)24-10-12-3-2-4-12)23-11-13-9-14(18)5-6-15(13)27-16(19)20;/h5-6,9,12,16,24H,2-4,7-8,10-11H2,1H3,(H2,21,22,23);1H. The van der Waals surface area contributed by atoms with Crippen LogP contribution in [0.4, 0.5) is 8.78 Å². The summed E-state index contributed by atoms with van der Waals surface area (Å²) in [4.78, 5) is 3.99. The summed E-state index contributed by atoms with van der Waals surface area (Å²) in [5, 5.41) is 6.19. The van der Waals surface area contributed by atoms with Crippen molar-refractivity contribution in [3.63, 3.8) is 0 Å². The van der Waals surface area contributed by atoms with Crippen LogP contribution in [0.2, 0.25) is 5.02 Å². The van der Waals surface area contributed by atoms with Crippen LogP contribution in [0.25, 0.3) is 0 Å². The van der Waals surface area contributed by atoms with Crippen molar-refractivity contribution in [2.75, 3.05) is 25.9 Å². The molecule has 0 heterocycles. The van der Waals surface area contributed by atoms with E-state index < -0.39 is 16.6 Å². The molecule has 3 N–H and O–H groups in total. The van der Waals surface area contributed by atoms with E-state index in [1.807, 2.05) is 0 Å². The normalized spacial score (nSPS) is 14.9. The Balaban J connectivity index is 0.00000420. The second-order valence-electron chi connectivity index (χ2n) is 6.45. The molecule has 0 atom stereocenters. The molecule has 0 unspecified atom stereocenters. The molecule has 1 fully saturated rings. The first kappa shape index (κ1) is 26.1. The maximum atomic E-state index is 12.5. The predicted octanol–water partition coefficient (Wildman–Crippen LogP) is 2.94. The minimum atomic E-state index is -3.37. The summed E-state index contributed by atoms with van der Waals surface area (Å²) in [6.07, 6.45) is 3.29. The molecule has 12 heteroatoms. The molecule has 0 spiro atoms. The Bertz CT molecular complexity index is 780. The van der Waals surface area contributed by atoms with E-state index in [2.05, 4.69) is 25.1 Å². The highest BCUT2D eigenvalue weighted by molar-refractivity contribution is 14.0. The average Bonchev–Trinajstić information content (AvgIpc) is 2.58. The highest BCUT2D eigenvalue weighted by atomic mass is 127. The molecule has 0 aliphatic heterocycles. The molecule has 2 rings (SSSR count). The summed E-state index contributed by atoms with van der Waals surface area (Å²) in [5.41, 5.74) is 0.422. The van der Waals surface area contributed by atoms with Crippen molar-refractivity contribution in [3.8, 4) is 5.75 Å². The van der Waals surface area contributed by atoms with Crippen LogP contribution in [0, 0.1) is 5.92 Å². The first-order chi connectivity index (χ1) is 13.3. The molecular formula is C17H26ClF2IN4O3S. The van der Waals surface area contributed by atoms with Crippen LogP contribution in [0.3, 0.4) is 0 Å². The lowest BCUT2D eigenvalue weighted by molar-refractivity contribution is -0.0504. The lowest BCUT2D eigenvalue weighted by atomic mass is 9.86. The average molecular weight is 567 g/mol. The van der Waals surface area contributed by atoms with E-state index in [4.69, 9.17) is 11.6 Å². The Hall–Kier alpha value is -0.920. The van der Waals surface area contributed by atoms with Gasteiger partial charge in [-0.1, -0.05) is 18.0 Å². The van der Waals surface area contributed by atoms with Crippen molar-refractivity contribution in [1.82, 2.24) is 15.4 Å². The summed E-state index contributed by atoms with van der Waals surface area (Å²) >= 11 is 5.91. The van der Waals surface area contributed by atoms with E-state index >= 15 is 0 Å². The molecule has 0 bridgehead atoms. The molecule has 7 nitrogen and oxygen atoms in total. The van der Waals surface area contributed by atoms with Gasteiger partial charge >= 0.3 is 6.61 Å². The molecule has 1 aromatic rings. The minimum absolute atomic E-state index is 0. The summed E-state index contributed by atoms with van der Waals surface area (Å²) in [5.74, 6) is 0.680. The third-order valence-corrected chi connectivity index (χ3v) is 5.97. The molecule has 29 heavy (non-hydrogen) atoms. The van der Waals surface area contributed by atoms with Crippen molar-refractivity contribution >= 4 is 51.6 Å². The molecule has 0 radical (unpaired) electrons. The van der Waals surface area contributed by atoms with Gasteiger partial charge in [0.05, 0.1) is 5.75 Å². The van der Waals surface area contributed by atoms with Gasteiger partial charge in [0.25, 0.3) is 0 Å². The van der Waals surface area contributed by atoms with Gasteiger partial charge in [-0.2, -0.15) is 8.78 Å². The van der Waals surface area contributed by atoms with Gasteiger partial charge in [-0.15, -0.1) is 24.0 Å². The minimum Gasteiger partial charge on any atom is -0.434 e. The lowest BCUT2D eigenvalue weighted by Crippen LogP contribution is -2.41. The van der Waals surface area contributed by atoms with E-state index in [1.54, 1.807) is 0 Å². The molecule has 1 aliphatic carbocycles. The summed E-state index contributed by atoms with van der Waals surface area (Å²) in [6.45, 7) is -2.20. The van der Waals surface area contributed by atoms with Gasteiger partial charge in [0.2, 0.25) is 10.0 Å². The first-order valence-electron chi connectivity index (χ1n) is 8.94. The third-order valence-electron chi connectivity index (χ3n) is 4.39. The van der Waals surface area contributed by atoms with Gasteiger partial charge in [-0.25, -0.2) is 13.1 Å². The smallest absolute Gasteiger partial charge is 0.387 e. The number of nitrogens with one attached hydrogen (secondary N) is 3. The highest BCUT2D eigenvalue weighted by Crippen LogP contribution is 2.25. The highest BCUT2D eigenvalue weighted by Gasteiger charge is 2.20. The van der Waals surface area contributed by atoms with Gasteiger partial charge in [0.15, 0.2) is 5.96 Å². The van der Waals surface area contributed by atoms with Crippen molar-refractivity contribution < 1.29 is 21.9 Å². The Kier molecular flexibility index (Phi) is 11.4. The maximum Gasteiger partial charge on any atom is 0.387 e. The van der Waals surface area contributed by atoms with Crippen molar-refractivity contribution in [1.29, 1.82) is 0 Å². The summed E-state index contributed by atoms with van der Waals surface area (Å²) in [7, 11) is -1.84. The quantitative estimate of drug-likeness (QED) is 0.230. The number of benzene rings is 1. The van der Waals surface area contributed by atoms with Crippen LogP contribution < -0.4 is 20.1 Å². The maximum absolute atomic E-state index is 12.5. The van der Waals surface area contributed by atoms with Gasteiger partial charge in [-0.05, 0) is 37.0 Å². The lowest BCUT2D eigenvalue weighted by Gasteiger charge is -2.25. The zero-order chi connectivity index (χ0) is 20.6. The number of ether oxygens (including phenoxy) is 1. The van der Waals surface area contributed by atoms with Gasteiger partial charge in [0.1, 0.15) is 5.75 Å². The number of rotatable bonds is 10. The fraction of sp³-hybridized carbons (Fsp3) is 0.588. The van der Waals surface area contributed by atoms with E-state index in [1.165, 1.54) is 25.2 Å². The largest absolute Gasteiger partial charge is 0.434 e. The van der Waals surface area contributed by atoms with Gasteiger partial charge in [-0.3, -0.25) is 4.99 Å². The Morgan fingerprint density at radius 2 is 2.07 bits per heavy atom. The zero-order valence-corrected chi connectivity index (χ0v) is 19.9. The molecule has 1 saturated carbocycles. The Morgan fingerprint density at radius 1 is 1.34 bits per heavy atom. The van der Waals surface area contributed by atoms with Crippen molar-refractivity contribution in [3.05, 3.63) is 28.8 Å².